The number of carbonyl (C=O) groups is 2. The van der Waals surface area contributed by atoms with E-state index in [0.29, 0.717) is 46.3 Å². The van der Waals surface area contributed by atoms with Gasteiger partial charge in [0.25, 0.3) is 0 Å². The average Bonchev–Trinajstić information content (AvgIpc) is 3.97. The van der Waals surface area contributed by atoms with Crippen LogP contribution in [0.5, 0.6) is 0 Å². The van der Waals surface area contributed by atoms with Crippen LogP contribution in [0.15, 0.2) is 36.7 Å². The number of hydrogen-bond acceptors (Lipinski definition) is 10. The predicted octanol–water partition coefficient (Wildman–Crippen LogP) is 12.7. The highest BCUT2D eigenvalue weighted by atomic mass is 32.1. The quantitative estimate of drug-likeness (QED) is 0.0669. The van der Waals surface area contributed by atoms with Crippen molar-refractivity contribution in [2.24, 2.45) is 0 Å². The molecule has 5 heterocycles. The largest absolute Gasteiger partial charge is 0.444 e. The minimum Gasteiger partial charge on any atom is -0.444 e. The van der Waals surface area contributed by atoms with Crippen LogP contribution < -0.4 is 0 Å². The minimum atomic E-state index is -1.26. The minimum absolute atomic E-state index is 0.190. The van der Waals surface area contributed by atoms with E-state index in [1.54, 1.807) is 27.6 Å². The maximum absolute atomic E-state index is 13.4. The smallest absolute Gasteiger partial charge is 0.410 e. The second kappa shape index (κ2) is 19.3. The molecule has 0 N–H and O–H groups in total. The third-order valence-corrected chi connectivity index (χ3v) is 16.1. The van der Waals surface area contributed by atoms with Gasteiger partial charge >= 0.3 is 12.2 Å². The molecular formula is C46H70N6O6S2Si2. The van der Waals surface area contributed by atoms with Crippen LogP contribution in [-0.4, -0.2) is 94.7 Å². The van der Waals surface area contributed by atoms with Crippen LogP contribution in [0, 0.1) is 0 Å². The van der Waals surface area contributed by atoms with Gasteiger partial charge in [0.05, 0.1) is 33.7 Å². The summed E-state index contributed by atoms with van der Waals surface area (Å²) < 4.78 is 30.6. The van der Waals surface area contributed by atoms with Crippen LogP contribution in [0.3, 0.4) is 0 Å². The molecule has 1 aromatic carbocycles. The van der Waals surface area contributed by atoms with Gasteiger partial charge in [0.1, 0.15) is 36.3 Å². The Balaban J connectivity index is 1.29. The number of rotatable bonds is 17. The molecule has 340 valence electrons. The predicted molar refractivity (Wildman–Crippen MR) is 260 cm³/mol. The normalized spacial score (nSPS) is 15.3. The number of amides is 2. The lowest BCUT2D eigenvalue weighted by molar-refractivity contribution is 0.0199. The van der Waals surface area contributed by atoms with Crippen molar-refractivity contribution < 1.29 is 28.5 Å². The van der Waals surface area contributed by atoms with Crippen LogP contribution >= 0.6 is 22.7 Å². The van der Waals surface area contributed by atoms with Crippen LogP contribution in [0.2, 0.25) is 51.4 Å². The number of hydrogen-bond donors (Lipinski definition) is 0. The van der Waals surface area contributed by atoms with Gasteiger partial charge in [0.2, 0.25) is 0 Å². The van der Waals surface area contributed by atoms with Crippen LogP contribution in [0.4, 0.5) is 9.59 Å². The van der Waals surface area contributed by atoms with Crippen molar-refractivity contribution in [1.82, 2.24) is 28.9 Å². The second-order valence-corrected chi connectivity index (χ2v) is 34.5. The van der Waals surface area contributed by atoms with Gasteiger partial charge in [-0.3, -0.25) is 4.90 Å². The molecule has 4 aromatic heterocycles. The number of benzene rings is 1. The molecule has 0 unspecified atom stereocenters. The zero-order valence-corrected chi connectivity index (χ0v) is 43.1. The van der Waals surface area contributed by atoms with Gasteiger partial charge in [-0.05, 0) is 108 Å². The van der Waals surface area contributed by atoms with E-state index in [4.69, 9.17) is 28.9 Å². The highest BCUT2D eigenvalue weighted by Crippen LogP contribution is 2.41. The summed E-state index contributed by atoms with van der Waals surface area (Å²) in [6, 6.07) is 10.9. The summed E-state index contributed by atoms with van der Waals surface area (Å²) in [4.78, 5) is 42.7. The molecule has 2 amide bonds. The van der Waals surface area contributed by atoms with E-state index in [9.17, 15) is 9.59 Å². The second-order valence-electron chi connectivity index (χ2n) is 21.0. The highest BCUT2D eigenvalue weighted by Gasteiger charge is 2.36. The summed E-state index contributed by atoms with van der Waals surface area (Å²) in [5.74, 6) is 1.60. The number of likely N-dealkylation sites (tertiary alicyclic amines) is 1. The summed E-state index contributed by atoms with van der Waals surface area (Å²) >= 11 is 3.44. The van der Waals surface area contributed by atoms with E-state index < -0.39 is 27.3 Å². The van der Waals surface area contributed by atoms with Gasteiger partial charge in [0.15, 0.2) is 0 Å². The number of carbonyl (C=O) groups excluding carboxylic acids is 2. The molecule has 1 saturated heterocycles. The first-order chi connectivity index (χ1) is 28.9. The molecule has 0 aliphatic carbocycles. The standard InChI is InChI=1S/C46H70N6O6S2Si2/c1-14-17-49(43(53)57-45(2,3)4)29-41-47-34(27-50(41)30-55-19-21-61(8,9)10)39-25-32-23-38-33(24-37(32)59-39)26-40(60-38)35-28-51(31-56-20-22-62(11,12)13)42(48-35)36-16-15-18-52(36)44(54)58-46(5,6)7/h23-28,36H,14-22,29-31H2,1-13H3/t36-/m0/s1. The summed E-state index contributed by atoms with van der Waals surface area (Å²) in [6.07, 6.45) is 6.03. The van der Waals surface area contributed by atoms with Crippen LogP contribution in [0.1, 0.15) is 85.4 Å². The molecular weight excluding hydrogens is 853 g/mol. The van der Waals surface area contributed by atoms with E-state index >= 15 is 0 Å². The molecule has 62 heavy (non-hydrogen) atoms. The molecule has 6 rings (SSSR count). The van der Waals surface area contributed by atoms with E-state index in [0.717, 1.165) is 74.9 Å². The number of nitrogens with zero attached hydrogens (tertiary/aromatic N) is 6. The SMILES string of the molecule is CCCN(Cc1nc(-c2cc3cc4sc(-c5cn(COCC[Si](C)(C)C)c([C@@H]6CCCN6C(=O)OC(C)(C)C)n5)cc4cc3s2)cn1COCC[Si](C)(C)C)C(=O)OC(C)(C)C. The van der Waals surface area contributed by atoms with E-state index in [1.165, 1.54) is 9.40 Å². The Kier molecular flexibility index (Phi) is 14.9. The van der Waals surface area contributed by atoms with Gasteiger partial charge in [0, 0.05) is 64.2 Å². The molecule has 0 bridgehead atoms. The lowest BCUT2D eigenvalue weighted by atomic mass is 10.2. The van der Waals surface area contributed by atoms with E-state index in [-0.39, 0.29) is 18.2 Å². The molecule has 1 aliphatic rings. The lowest BCUT2D eigenvalue weighted by Gasteiger charge is -2.28. The van der Waals surface area contributed by atoms with Gasteiger partial charge in [-0.2, -0.15) is 0 Å². The monoisotopic (exact) mass is 922 g/mol. The van der Waals surface area contributed by atoms with Gasteiger partial charge in [-0.25, -0.2) is 19.6 Å². The fourth-order valence-corrected chi connectivity index (χ4v) is 10.8. The molecule has 12 nitrogen and oxygen atoms in total. The number of thiophene rings is 2. The highest BCUT2D eigenvalue weighted by molar-refractivity contribution is 7.23. The lowest BCUT2D eigenvalue weighted by Crippen LogP contribution is -2.37. The number of aromatic nitrogens is 4. The third kappa shape index (κ3) is 13.0. The van der Waals surface area contributed by atoms with E-state index in [2.05, 4.69) is 87.4 Å². The Morgan fingerprint density at radius 1 is 0.774 bits per heavy atom. The van der Waals surface area contributed by atoms with Crippen molar-refractivity contribution in [2.45, 2.75) is 156 Å². The first-order valence-electron chi connectivity index (χ1n) is 22.2. The number of fused-ring (bicyclic) bond motifs is 2. The molecule has 0 spiro atoms. The maximum Gasteiger partial charge on any atom is 0.410 e. The molecule has 0 saturated carbocycles. The molecule has 16 heteroatoms. The first kappa shape index (κ1) is 47.9. The van der Waals surface area contributed by atoms with Gasteiger partial charge in [-0.15, -0.1) is 22.7 Å². The zero-order valence-electron chi connectivity index (χ0n) is 39.5. The Hall–Kier alpha value is -3.55. The van der Waals surface area contributed by atoms with E-state index in [1.807, 2.05) is 51.0 Å². The Morgan fingerprint density at radius 2 is 1.31 bits per heavy atom. The fraction of sp³-hybridized carbons (Fsp3) is 0.609. The van der Waals surface area contributed by atoms with Gasteiger partial charge < -0.3 is 33.0 Å². The fourth-order valence-electron chi connectivity index (χ4n) is 7.21. The average molecular weight is 923 g/mol. The Morgan fingerprint density at radius 3 is 1.84 bits per heavy atom. The van der Waals surface area contributed by atoms with Crippen molar-refractivity contribution in [1.29, 1.82) is 0 Å². The summed E-state index contributed by atoms with van der Waals surface area (Å²) in [7, 11) is -2.53. The maximum atomic E-state index is 13.4. The number of ether oxygens (including phenoxy) is 4. The van der Waals surface area contributed by atoms with Crippen molar-refractivity contribution in [3.8, 4) is 21.1 Å². The summed E-state index contributed by atoms with van der Waals surface area (Å²) in [5.41, 5.74) is 0.561. The Bertz CT molecular complexity index is 2270. The topological polar surface area (TPSA) is 113 Å². The van der Waals surface area contributed by atoms with Crippen molar-refractivity contribution in [2.75, 3.05) is 26.3 Å². The van der Waals surface area contributed by atoms with Crippen LogP contribution in [0.25, 0.3) is 41.3 Å². The molecule has 1 aliphatic heterocycles. The molecule has 1 fully saturated rings. The summed E-state index contributed by atoms with van der Waals surface area (Å²) in [5, 5.41) is 2.30. The van der Waals surface area contributed by atoms with Gasteiger partial charge in [-0.1, -0.05) is 46.2 Å². The molecule has 5 aromatic rings. The first-order valence-corrected chi connectivity index (χ1v) is 31.2. The Labute approximate surface area is 378 Å². The van der Waals surface area contributed by atoms with Crippen molar-refractivity contribution in [3.63, 3.8) is 0 Å². The molecule has 1 atom stereocenters. The zero-order chi connectivity index (χ0) is 45.2. The molecule has 0 radical (unpaired) electrons. The van der Waals surface area contributed by atoms with Crippen LogP contribution in [-0.2, 0) is 39.0 Å². The number of imidazole rings is 2. The van der Waals surface area contributed by atoms with Crippen molar-refractivity contribution in [3.05, 3.63) is 48.3 Å². The summed E-state index contributed by atoms with van der Waals surface area (Å²) in [6.45, 7) is 31.2. The van der Waals surface area contributed by atoms with Crippen molar-refractivity contribution >= 4 is 71.2 Å². The third-order valence-electron chi connectivity index (χ3n) is 10.4.